The Morgan fingerprint density at radius 2 is 2.04 bits per heavy atom. The van der Waals surface area contributed by atoms with Crippen LogP contribution in [0.15, 0.2) is 54.9 Å². The highest BCUT2D eigenvalue weighted by molar-refractivity contribution is 5.91. The van der Waals surface area contributed by atoms with E-state index in [9.17, 15) is 4.79 Å². The molecule has 0 amide bonds. The standard InChI is InChI=1S/C19H18N2O2/c1-14-16-12-20-11-10-18(16)21(13-15-6-4-3-5-7-15)17(14)8-9-19(22)23-2/h3-12H,13H2,1-2H3/b9-8+. The topological polar surface area (TPSA) is 44.1 Å². The van der Waals surface area contributed by atoms with Gasteiger partial charge < -0.3 is 9.30 Å². The molecule has 2 aromatic heterocycles. The second-order valence-electron chi connectivity index (χ2n) is 5.33. The summed E-state index contributed by atoms with van der Waals surface area (Å²) in [6, 6.07) is 12.2. The van der Waals surface area contributed by atoms with Crippen molar-refractivity contribution in [3.63, 3.8) is 0 Å². The van der Waals surface area contributed by atoms with Crippen molar-refractivity contribution in [3.05, 3.63) is 71.7 Å². The Balaban J connectivity index is 2.13. The smallest absolute Gasteiger partial charge is 0.330 e. The Hall–Kier alpha value is -2.88. The second-order valence-corrected chi connectivity index (χ2v) is 5.33. The maximum absolute atomic E-state index is 11.5. The first kappa shape index (κ1) is 15.0. The Kier molecular flexibility index (Phi) is 4.24. The number of esters is 1. The number of pyridine rings is 1. The van der Waals surface area contributed by atoms with Gasteiger partial charge >= 0.3 is 5.97 Å². The number of carbonyl (C=O) groups excluding carboxylic acids is 1. The van der Waals surface area contributed by atoms with Gasteiger partial charge in [-0.3, -0.25) is 4.98 Å². The highest BCUT2D eigenvalue weighted by Crippen LogP contribution is 2.27. The first-order valence-electron chi connectivity index (χ1n) is 7.43. The lowest BCUT2D eigenvalue weighted by molar-refractivity contribution is -0.134. The van der Waals surface area contributed by atoms with Crippen molar-refractivity contribution in [2.75, 3.05) is 7.11 Å². The van der Waals surface area contributed by atoms with Crippen molar-refractivity contribution in [1.29, 1.82) is 0 Å². The van der Waals surface area contributed by atoms with E-state index >= 15 is 0 Å². The van der Waals surface area contributed by atoms with Crippen molar-refractivity contribution in [2.24, 2.45) is 0 Å². The highest BCUT2D eigenvalue weighted by Gasteiger charge is 2.12. The highest BCUT2D eigenvalue weighted by atomic mass is 16.5. The Bertz CT molecular complexity index is 864. The molecule has 0 saturated heterocycles. The number of hydrogen-bond donors (Lipinski definition) is 0. The summed E-state index contributed by atoms with van der Waals surface area (Å²) in [6.45, 7) is 2.78. The quantitative estimate of drug-likeness (QED) is 0.546. The van der Waals surface area contributed by atoms with Crippen molar-refractivity contribution >= 4 is 22.9 Å². The number of methoxy groups -OCH3 is 1. The molecule has 4 nitrogen and oxygen atoms in total. The summed E-state index contributed by atoms with van der Waals surface area (Å²) in [5.41, 5.74) is 4.39. The summed E-state index contributed by atoms with van der Waals surface area (Å²) < 4.78 is 6.89. The number of hydrogen-bond acceptors (Lipinski definition) is 3. The third kappa shape index (κ3) is 3.01. The first-order valence-corrected chi connectivity index (χ1v) is 7.43. The molecule has 0 bridgehead atoms. The van der Waals surface area contributed by atoms with Crippen molar-refractivity contribution in [1.82, 2.24) is 9.55 Å². The minimum absolute atomic E-state index is 0.362. The number of aryl methyl sites for hydroxylation is 1. The second kappa shape index (κ2) is 6.48. The molecule has 2 heterocycles. The summed E-state index contributed by atoms with van der Waals surface area (Å²) in [6.07, 6.45) is 6.92. The van der Waals surface area contributed by atoms with E-state index in [1.165, 1.54) is 18.7 Å². The zero-order valence-corrected chi connectivity index (χ0v) is 13.2. The van der Waals surface area contributed by atoms with Crippen molar-refractivity contribution in [3.8, 4) is 0 Å². The molecule has 0 spiro atoms. The predicted octanol–water partition coefficient (Wildman–Crippen LogP) is 3.58. The van der Waals surface area contributed by atoms with Gasteiger partial charge in [-0.05, 0) is 30.2 Å². The Labute approximate surface area is 135 Å². The fourth-order valence-electron chi connectivity index (χ4n) is 2.75. The van der Waals surface area contributed by atoms with Crippen LogP contribution in [-0.2, 0) is 16.1 Å². The number of fused-ring (bicyclic) bond motifs is 1. The summed E-state index contributed by atoms with van der Waals surface area (Å²) >= 11 is 0. The molecular weight excluding hydrogens is 288 g/mol. The molecular formula is C19H18N2O2. The van der Waals surface area contributed by atoms with E-state index in [4.69, 9.17) is 4.74 Å². The third-order valence-corrected chi connectivity index (χ3v) is 3.93. The van der Waals surface area contributed by atoms with Gasteiger partial charge in [-0.2, -0.15) is 0 Å². The maximum atomic E-state index is 11.5. The van der Waals surface area contributed by atoms with Gasteiger partial charge in [0.25, 0.3) is 0 Å². The van der Waals surface area contributed by atoms with E-state index in [1.54, 1.807) is 6.20 Å². The molecule has 0 atom stereocenters. The molecule has 0 radical (unpaired) electrons. The van der Waals surface area contributed by atoms with Gasteiger partial charge in [-0.25, -0.2) is 4.79 Å². The van der Waals surface area contributed by atoms with Crippen molar-refractivity contribution in [2.45, 2.75) is 13.5 Å². The normalized spacial score (nSPS) is 11.2. The molecule has 23 heavy (non-hydrogen) atoms. The van der Waals surface area contributed by atoms with E-state index in [0.717, 1.165) is 28.7 Å². The average Bonchev–Trinajstić information content (AvgIpc) is 2.86. The molecule has 0 unspecified atom stereocenters. The molecule has 0 saturated carbocycles. The van der Waals surface area contributed by atoms with Crippen LogP contribution in [0.2, 0.25) is 0 Å². The van der Waals surface area contributed by atoms with Crippen LogP contribution in [0.1, 0.15) is 16.8 Å². The molecule has 0 N–H and O–H groups in total. The number of ether oxygens (including phenoxy) is 1. The minimum Gasteiger partial charge on any atom is -0.466 e. The number of benzene rings is 1. The maximum Gasteiger partial charge on any atom is 0.330 e. The van der Waals surface area contributed by atoms with Gasteiger partial charge in [0.1, 0.15) is 0 Å². The molecule has 0 aliphatic carbocycles. The average molecular weight is 306 g/mol. The van der Waals surface area contributed by atoms with Crippen molar-refractivity contribution < 1.29 is 9.53 Å². The number of nitrogens with zero attached hydrogens (tertiary/aromatic N) is 2. The Morgan fingerprint density at radius 3 is 2.78 bits per heavy atom. The van der Waals surface area contributed by atoms with E-state index < -0.39 is 0 Å². The van der Waals surface area contributed by atoms with Gasteiger partial charge in [0.15, 0.2) is 0 Å². The van der Waals surface area contributed by atoms with E-state index in [1.807, 2.05) is 43.5 Å². The third-order valence-electron chi connectivity index (χ3n) is 3.93. The van der Waals surface area contributed by atoms with Gasteiger partial charge in [0, 0.05) is 36.1 Å². The zero-order valence-electron chi connectivity index (χ0n) is 13.2. The number of aromatic nitrogens is 2. The largest absolute Gasteiger partial charge is 0.466 e. The Morgan fingerprint density at radius 1 is 1.26 bits per heavy atom. The van der Waals surface area contributed by atoms with Crippen LogP contribution in [0.25, 0.3) is 17.0 Å². The summed E-state index contributed by atoms with van der Waals surface area (Å²) in [4.78, 5) is 15.7. The molecule has 3 rings (SSSR count). The SMILES string of the molecule is COC(=O)/C=C/c1c(C)c2cnccc2n1Cc1ccccc1. The fraction of sp³-hybridized carbons (Fsp3) is 0.158. The molecule has 0 fully saturated rings. The molecule has 3 aromatic rings. The molecule has 1 aromatic carbocycles. The first-order chi connectivity index (χ1) is 11.2. The van der Waals surface area contributed by atoms with Crippen LogP contribution in [0, 0.1) is 6.92 Å². The predicted molar refractivity (Wildman–Crippen MR) is 91.1 cm³/mol. The van der Waals surface area contributed by atoms with Crippen LogP contribution in [0.4, 0.5) is 0 Å². The summed E-state index contributed by atoms with van der Waals surface area (Å²) in [7, 11) is 1.38. The number of carbonyl (C=O) groups is 1. The van der Waals surface area contributed by atoms with E-state index in [2.05, 4.69) is 21.7 Å². The molecule has 4 heteroatoms. The van der Waals surface area contributed by atoms with E-state index in [0.29, 0.717) is 0 Å². The van der Waals surface area contributed by atoms with Gasteiger partial charge in [-0.15, -0.1) is 0 Å². The van der Waals surface area contributed by atoms with Gasteiger partial charge in [0.05, 0.1) is 12.6 Å². The minimum atomic E-state index is -0.362. The van der Waals surface area contributed by atoms with Crippen LogP contribution in [-0.4, -0.2) is 22.6 Å². The van der Waals surface area contributed by atoms with Gasteiger partial charge in [0.2, 0.25) is 0 Å². The lowest BCUT2D eigenvalue weighted by atomic mass is 10.2. The monoisotopic (exact) mass is 306 g/mol. The number of rotatable bonds is 4. The fourth-order valence-corrected chi connectivity index (χ4v) is 2.75. The molecule has 0 aliphatic heterocycles. The molecule has 116 valence electrons. The molecule has 0 aliphatic rings. The van der Waals surface area contributed by atoms with Crippen LogP contribution in [0.3, 0.4) is 0 Å². The summed E-state index contributed by atoms with van der Waals surface area (Å²) in [5, 5.41) is 1.09. The van der Waals surface area contributed by atoms with Crippen LogP contribution < -0.4 is 0 Å². The lowest BCUT2D eigenvalue weighted by Crippen LogP contribution is -2.03. The van der Waals surface area contributed by atoms with E-state index in [-0.39, 0.29) is 5.97 Å². The zero-order chi connectivity index (χ0) is 16.2. The van der Waals surface area contributed by atoms with Crippen LogP contribution in [0.5, 0.6) is 0 Å². The van der Waals surface area contributed by atoms with Crippen LogP contribution >= 0.6 is 0 Å². The van der Waals surface area contributed by atoms with Gasteiger partial charge in [-0.1, -0.05) is 30.3 Å². The lowest BCUT2D eigenvalue weighted by Gasteiger charge is -2.09. The summed E-state index contributed by atoms with van der Waals surface area (Å²) in [5.74, 6) is -0.362.